The zero-order valence-electron chi connectivity index (χ0n) is 12.2. The van der Waals surface area contributed by atoms with E-state index in [1.54, 1.807) is 11.9 Å². The van der Waals surface area contributed by atoms with Crippen LogP contribution in [-0.2, 0) is 27.2 Å². The molecule has 0 fully saturated rings. The van der Waals surface area contributed by atoms with Crippen LogP contribution in [0.25, 0.3) is 0 Å². The molecule has 112 valence electrons. The maximum absolute atomic E-state index is 11.8. The third-order valence-corrected chi connectivity index (χ3v) is 3.41. The van der Waals surface area contributed by atoms with Gasteiger partial charge in [-0.25, -0.2) is 0 Å². The van der Waals surface area contributed by atoms with Gasteiger partial charge in [0.25, 0.3) is 0 Å². The Morgan fingerprint density at radius 3 is 2.67 bits per heavy atom. The van der Waals surface area contributed by atoms with Crippen molar-refractivity contribution in [2.24, 2.45) is 0 Å². The first-order valence-corrected chi connectivity index (χ1v) is 6.87. The molecule has 1 aliphatic rings. The molecule has 6 heteroatoms. The molecule has 0 saturated heterocycles. The minimum absolute atomic E-state index is 0.0712. The van der Waals surface area contributed by atoms with E-state index >= 15 is 0 Å². The van der Waals surface area contributed by atoms with Crippen LogP contribution < -0.4 is 15.5 Å². The molecule has 0 bridgehead atoms. The Morgan fingerprint density at radius 1 is 1.24 bits per heavy atom. The molecule has 3 amide bonds. The molecule has 0 radical (unpaired) electrons. The van der Waals surface area contributed by atoms with Crippen LogP contribution in [0.1, 0.15) is 18.1 Å². The number of hydrogen-bond acceptors (Lipinski definition) is 3. The number of nitrogens with one attached hydrogen (secondary N) is 2. The molecule has 0 unspecified atom stereocenters. The topological polar surface area (TPSA) is 78.5 Å². The first kappa shape index (κ1) is 15.0. The summed E-state index contributed by atoms with van der Waals surface area (Å²) in [5, 5.41) is 5.35. The molecule has 0 aromatic heterocycles. The maximum atomic E-state index is 11.8. The standard InChI is InChI=1S/C15H19N3O3/c1-10(19)16-5-6-17-14(20)8-11-3-4-13-12(7-11)9-15(21)18(13)2/h3-4,7H,5-6,8-9H2,1-2H3,(H,16,19)(H,17,20). The van der Waals surface area contributed by atoms with Crippen LogP contribution in [0.2, 0.25) is 0 Å². The molecule has 1 aliphatic heterocycles. The number of nitrogens with zero attached hydrogens (tertiary/aromatic N) is 1. The molecular formula is C15H19N3O3. The molecule has 6 nitrogen and oxygen atoms in total. The molecule has 2 rings (SSSR count). The van der Waals surface area contributed by atoms with Crippen molar-refractivity contribution in [3.8, 4) is 0 Å². The van der Waals surface area contributed by atoms with E-state index in [0.29, 0.717) is 19.5 Å². The number of amides is 3. The zero-order chi connectivity index (χ0) is 15.4. The minimum atomic E-state index is -0.114. The van der Waals surface area contributed by atoms with Crippen LogP contribution in [0.4, 0.5) is 5.69 Å². The number of fused-ring (bicyclic) bond motifs is 1. The summed E-state index contributed by atoms with van der Waals surface area (Å²) < 4.78 is 0. The van der Waals surface area contributed by atoms with E-state index in [1.807, 2.05) is 18.2 Å². The van der Waals surface area contributed by atoms with Crippen molar-refractivity contribution >= 4 is 23.4 Å². The zero-order valence-corrected chi connectivity index (χ0v) is 12.2. The number of benzene rings is 1. The molecule has 0 saturated carbocycles. The van der Waals surface area contributed by atoms with Gasteiger partial charge in [-0.3, -0.25) is 14.4 Å². The van der Waals surface area contributed by atoms with Gasteiger partial charge in [0.05, 0.1) is 12.8 Å². The minimum Gasteiger partial charge on any atom is -0.355 e. The van der Waals surface area contributed by atoms with Crippen molar-refractivity contribution in [2.45, 2.75) is 19.8 Å². The van der Waals surface area contributed by atoms with Crippen LogP contribution >= 0.6 is 0 Å². The fourth-order valence-electron chi connectivity index (χ4n) is 2.32. The van der Waals surface area contributed by atoms with Gasteiger partial charge in [-0.15, -0.1) is 0 Å². The second-order valence-electron chi connectivity index (χ2n) is 5.10. The summed E-state index contributed by atoms with van der Waals surface area (Å²) in [6.07, 6.45) is 0.662. The largest absolute Gasteiger partial charge is 0.355 e. The quantitative estimate of drug-likeness (QED) is 0.749. The Hall–Kier alpha value is -2.37. The lowest BCUT2D eigenvalue weighted by Crippen LogP contribution is -2.34. The third-order valence-electron chi connectivity index (χ3n) is 3.41. The van der Waals surface area contributed by atoms with E-state index < -0.39 is 0 Å². The Labute approximate surface area is 123 Å². The van der Waals surface area contributed by atoms with Gasteiger partial charge >= 0.3 is 0 Å². The van der Waals surface area contributed by atoms with Crippen molar-refractivity contribution in [1.29, 1.82) is 0 Å². The SMILES string of the molecule is CC(=O)NCCNC(=O)Cc1ccc2c(c1)CC(=O)N2C. The molecule has 21 heavy (non-hydrogen) atoms. The number of hydrogen-bond donors (Lipinski definition) is 2. The Morgan fingerprint density at radius 2 is 1.95 bits per heavy atom. The summed E-state index contributed by atoms with van der Waals surface area (Å²) >= 11 is 0. The second kappa shape index (κ2) is 6.39. The van der Waals surface area contributed by atoms with Gasteiger partial charge in [0.1, 0.15) is 0 Å². The van der Waals surface area contributed by atoms with Crippen LogP contribution in [0.3, 0.4) is 0 Å². The Kier molecular flexibility index (Phi) is 4.57. The summed E-state index contributed by atoms with van der Waals surface area (Å²) in [6, 6.07) is 5.64. The summed E-state index contributed by atoms with van der Waals surface area (Å²) in [5.74, 6) is -0.142. The summed E-state index contributed by atoms with van der Waals surface area (Å²) in [7, 11) is 1.75. The maximum Gasteiger partial charge on any atom is 0.231 e. The van der Waals surface area contributed by atoms with E-state index in [-0.39, 0.29) is 24.1 Å². The molecule has 1 heterocycles. The smallest absolute Gasteiger partial charge is 0.231 e. The molecule has 0 spiro atoms. The fraction of sp³-hybridized carbons (Fsp3) is 0.400. The first-order valence-electron chi connectivity index (χ1n) is 6.87. The lowest BCUT2D eigenvalue weighted by Gasteiger charge is -2.10. The molecule has 2 N–H and O–H groups in total. The van der Waals surface area contributed by atoms with Gasteiger partial charge in [0.15, 0.2) is 0 Å². The molecule has 1 aromatic rings. The highest BCUT2D eigenvalue weighted by molar-refractivity contribution is 6.01. The molecule has 1 aromatic carbocycles. The van der Waals surface area contributed by atoms with Gasteiger partial charge in [0, 0.05) is 32.7 Å². The number of likely N-dealkylation sites (N-methyl/N-ethyl adjacent to an activating group) is 1. The van der Waals surface area contributed by atoms with Crippen LogP contribution in [-0.4, -0.2) is 37.9 Å². The van der Waals surface area contributed by atoms with E-state index in [2.05, 4.69) is 10.6 Å². The highest BCUT2D eigenvalue weighted by Gasteiger charge is 2.23. The lowest BCUT2D eigenvalue weighted by molar-refractivity contribution is -0.121. The van der Waals surface area contributed by atoms with Gasteiger partial charge < -0.3 is 15.5 Å². The van der Waals surface area contributed by atoms with Crippen LogP contribution in [0.15, 0.2) is 18.2 Å². The van der Waals surface area contributed by atoms with E-state index in [1.165, 1.54) is 6.92 Å². The van der Waals surface area contributed by atoms with Crippen molar-refractivity contribution in [3.05, 3.63) is 29.3 Å². The normalized spacial score (nSPS) is 13.0. The van der Waals surface area contributed by atoms with E-state index in [0.717, 1.165) is 16.8 Å². The average molecular weight is 289 g/mol. The molecular weight excluding hydrogens is 270 g/mol. The summed E-state index contributed by atoms with van der Waals surface area (Å²) in [4.78, 5) is 35.7. The van der Waals surface area contributed by atoms with Crippen molar-refractivity contribution in [2.75, 3.05) is 25.0 Å². The average Bonchev–Trinajstić information content (AvgIpc) is 2.70. The monoisotopic (exact) mass is 289 g/mol. The van der Waals surface area contributed by atoms with Crippen molar-refractivity contribution in [3.63, 3.8) is 0 Å². The van der Waals surface area contributed by atoms with Crippen LogP contribution in [0.5, 0.6) is 0 Å². The Bertz CT molecular complexity index is 584. The summed E-state index contributed by atoms with van der Waals surface area (Å²) in [5.41, 5.74) is 2.76. The first-order chi connectivity index (χ1) is 9.97. The van der Waals surface area contributed by atoms with Crippen molar-refractivity contribution < 1.29 is 14.4 Å². The van der Waals surface area contributed by atoms with Gasteiger partial charge in [-0.2, -0.15) is 0 Å². The number of carbonyl (C=O) groups is 3. The van der Waals surface area contributed by atoms with E-state index in [9.17, 15) is 14.4 Å². The highest BCUT2D eigenvalue weighted by Crippen LogP contribution is 2.28. The highest BCUT2D eigenvalue weighted by atomic mass is 16.2. The number of rotatable bonds is 5. The predicted molar refractivity (Wildman–Crippen MR) is 79.0 cm³/mol. The molecule has 0 atom stereocenters. The predicted octanol–water partition coefficient (Wildman–Crippen LogP) is 0.000300. The van der Waals surface area contributed by atoms with Gasteiger partial charge in [-0.05, 0) is 17.2 Å². The van der Waals surface area contributed by atoms with Gasteiger partial charge in [-0.1, -0.05) is 12.1 Å². The van der Waals surface area contributed by atoms with Crippen LogP contribution in [0, 0.1) is 0 Å². The second-order valence-corrected chi connectivity index (χ2v) is 5.10. The summed E-state index contributed by atoms with van der Waals surface area (Å²) in [6.45, 7) is 2.26. The fourth-order valence-corrected chi connectivity index (χ4v) is 2.32. The molecule has 0 aliphatic carbocycles. The van der Waals surface area contributed by atoms with Gasteiger partial charge in [0.2, 0.25) is 17.7 Å². The number of anilines is 1. The van der Waals surface area contributed by atoms with Crippen molar-refractivity contribution in [1.82, 2.24) is 10.6 Å². The number of carbonyl (C=O) groups excluding carboxylic acids is 3. The Balaban J connectivity index is 1.87. The van der Waals surface area contributed by atoms with E-state index in [4.69, 9.17) is 0 Å². The lowest BCUT2D eigenvalue weighted by atomic mass is 10.1. The third kappa shape index (κ3) is 3.81.